The van der Waals surface area contributed by atoms with Gasteiger partial charge in [-0.1, -0.05) is 12.5 Å². The molecule has 0 spiro atoms. The molecule has 1 saturated carbocycles. The van der Waals surface area contributed by atoms with Crippen LogP contribution in [-0.2, 0) is 10.0 Å². The SMILES string of the molecule is N#CC1CCCC1NS(=O)(=O)c1cccc(F)c1[N+](=O)[O-]. The van der Waals surface area contributed by atoms with Crippen molar-refractivity contribution in [3.63, 3.8) is 0 Å². The molecule has 0 radical (unpaired) electrons. The van der Waals surface area contributed by atoms with Gasteiger partial charge in [-0.2, -0.15) is 9.65 Å². The summed E-state index contributed by atoms with van der Waals surface area (Å²) in [7, 11) is -4.27. The van der Waals surface area contributed by atoms with E-state index >= 15 is 0 Å². The molecule has 0 aliphatic heterocycles. The highest BCUT2D eigenvalue weighted by atomic mass is 32.2. The van der Waals surface area contributed by atoms with Crippen LogP contribution in [0.5, 0.6) is 0 Å². The predicted octanol–water partition coefficient (Wildman–Crippen LogP) is 1.70. The second-order valence-corrected chi connectivity index (χ2v) is 6.42. The molecule has 7 nitrogen and oxygen atoms in total. The molecular weight excluding hydrogens is 301 g/mol. The van der Waals surface area contributed by atoms with Crippen molar-refractivity contribution >= 4 is 15.7 Å². The van der Waals surface area contributed by atoms with E-state index < -0.39 is 43.3 Å². The van der Waals surface area contributed by atoms with Gasteiger partial charge in [-0.05, 0) is 25.0 Å². The third kappa shape index (κ3) is 3.01. The summed E-state index contributed by atoms with van der Waals surface area (Å²) in [6, 6.07) is 4.28. The molecule has 1 aliphatic rings. The lowest BCUT2D eigenvalue weighted by Gasteiger charge is -2.15. The molecule has 9 heteroatoms. The first-order valence-corrected chi connectivity index (χ1v) is 7.70. The van der Waals surface area contributed by atoms with Crippen molar-refractivity contribution < 1.29 is 17.7 Å². The molecule has 1 N–H and O–H groups in total. The van der Waals surface area contributed by atoms with E-state index in [1.165, 1.54) is 0 Å². The van der Waals surface area contributed by atoms with Crippen molar-refractivity contribution in [2.24, 2.45) is 5.92 Å². The highest BCUT2D eigenvalue weighted by Gasteiger charge is 2.35. The molecule has 0 saturated heterocycles. The smallest absolute Gasteiger partial charge is 0.258 e. The summed E-state index contributed by atoms with van der Waals surface area (Å²) in [6.07, 6.45) is 1.73. The highest BCUT2D eigenvalue weighted by molar-refractivity contribution is 7.89. The molecule has 1 aliphatic carbocycles. The number of hydrogen-bond acceptors (Lipinski definition) is 5. The topological polar surface area (TPSA) is 113 Å². The largest absolute Gasteiger partial charge is 0.324 e. The fourth-order valence-electron chi connectivity index (χ4n) is 2.41. The number of sulfonamides is 1. The summed E-state index contributed by atoms with van der Waals surface area (Å²) in [6.45, 7) is 0. The standard InChI is InChI=1S/C12H12FN3O4S/c13-9-4-2-6-11(12(9)16(17)18)21(19,20)15-10-5-1-3-8(10)7-14/h2,4,6,8,10,15H,1,3,5H2. The van der Waals surface area contributed by atoms with Crippen LogP contribution in [0.25, 0.3) is 0 Å². The molecule has 112 valence electrons. The first kappa shape index (κ1) is 15.3. The molecule has 2 unspecified atom stereocenters. The third-order valence-electron chi connectivity index (χ3n) is 3.41. The van der Waals surface area contributed by atoms with Gasteiger partial charge in [0.25, 0.3) is 0 Å². The normalized spacial score (nSPS) is 21.9. The Balaban J connectivity index is 2.39. The zero-order chi connectivity index (χ0) is 15.6. The van der Waals surface area contributed by atoms with Crippen molar-refractivity contribution in [2.45, 2.75) is 30.2 Å². The quantitative estimate of drug-likeness (QED) is 0.671. The molecule has 0 heterocycles. The van der Waals surface area contributed by atoms with Gasteiger partial charge in [-0.25, -0.2) is 13.1 Å². The monoisotopic (exact) mass is 313 g/mol. The summed E-state index contributed by atoms with van der Waals surface area (Å²) >= 11 is 0. The number of para-hydroxylation sites is 1. The van der Waals surface area contributed by atoms with E-state index in [1.807, 2.05) is 6.07 Å². The number of rotatable bonds is 4. The zero-order valence-corrected chi connectivity index (χ0v) is 11.6. The van der Waals surface area contributed by atoms with Crippen LogP contribution >= 0.6 is 0 Å². The van der Waals surface area contributed by atoms with Gasteiger partial charge in [0, 0.05) is 6.04 Å². The Morgan fingerprint density at radius 3 is 2.76 bits per heavy atom. The average Bonchev–Trinajstić information content (AvgIpc) is 2.84. The molecule has 0 amide bonds. The molecule has 1 fully saturated rings. The van der Waals surface area contributed by atoms with E-state index in [-0.39, 0.29) is 0 Å². The van der Waals surface area contributed by atoms with Crippen LogP contribution in [0.2, 0.25) is 0 Å². The third-order valence-corrected chi connectivity index (χ3v) is 4.93. The summed E-state index contributed by atoms with van der Waals surface area (Å²) < 4.78 is 40.2. The van der Waals surface area contributed by atoms with E-state index in [4.69, 9.17) is 5.26 Å². The Hall–Kier alpha value is -2.05. The maximum atomic E-state index is 13.5. The number of nitro groups is 1. The maximum absolute atomic E-state index is 13.5. The first-order valence-electron chi connectivity index (χ1n) is 6.21. The Morgan fingerprint density at radius 1 is 1.43 bits per heavy atom. The minimum absolute atomic E-state index is 0.473. The van der Waals surface area contributed by atoms with E-state index in [1.54, 1.807) is 0 Å². The minimum atomic E-state index is -4.27. The van der Waals surface area contributed by atoms with Crippen molar-refractivity contribution in [2.75, 3.05) is 0 Å². The number of halogens is 1. The van der Waals surface area contributed by atoms with Crippen molar-refractivity contribution in [3.8, 4) is 6.07 Å². The van der Waals surface area contributed by atoms with E-state index in [0.717, 1.165) is 18.2 Å². The molecule has 0 bridgehead atoms. The molecular formula is C12H12FN3O4S. The van der Waals surface area contributed by atoms with Gasteiger partial charge in [-0.3, -0.25) is 10.1 Å². The molecule has 0 aromatic heterocycles. The summed E-state index contributed by atoms with van der Waals surface area (Å²) in [4.78, 5) is 9.07. The van der Waals surface area contributed by atoms with Gasteiger partial charge in [0.15, 0.2) is 4.90 Å². The van der Waals surface area contributed by atoms with Crippen LogP contribution in [0.3, 0.4) is 0 Å². The average molecular weight is 313 g/mol. The number of benzene rings is 1. The van der Waals surface area contributed by atoms with Gasteiger partial charge in [-0.15, -0.1) is 0 Å². The lowest BCUT2D eigenvalue weighted by molar-refractivity contribution is -0.390. The molecule has 1 aromatic carbocycles. The fourth-order valence-corrected chi connectivity index (χ4v) is 3.90. The second-order valence-electron chi connectivity index (χ2n) is 4.74. The van der Waals surface area contributed by atoms with Gasteiger partial charge in [0.1, 0.15) is 0 Å². The maximum Gasteiger partial charge on any atom is 0.324 e. The first-order chi connectivity index (χ1) is 9.86. The summed E-state index contributed by atoms with van der Waals surface area (Å²) in [5.41, 5.74) is -1.09. The van der Waals surface area contributed by atoms with Gasteiger partial charge in [0.2, 0.25) is 15.8 Å². The van der Waals surface area contributed by atoms with E-state index in [2.05, 4.69) is 4.72 Å². The molecule has 2 rings (SSSR count). The van der Waals surface area contributed by atoms with Crippen molar-refractivity contribution in [3.05, 3.63) is 34.1 Å². The van der Waals surface area contributed by atoms with E-state index in [9.17, 15) is 22.9 Å². The van der Waals surface area contributed by atoms with Crippen LogP contribution in [0.15, 0.2) is 23.1 Å². The molecule has 1 aromatic rings. The fraction of sp³-hybridized carbons (Fsp3) is 0.417. The lowest BCUT2D eigenvalue weighted by atomic mass is 10.1. The number of nitrogens with one attached hydrogen (secondary N) is 1. The summed E-state index contributed by atoms with van der Waals surface area (Å²) in [5, 5.41) is 19.8. The number of hydrogen-bond donors (Lipinski definition) is 1. The molecule has 21 heavy (non-hydrogen) atoms. The number of nitrogens with zero attached hydrogens (tertiary/aromatic N) is 2. The Morgan fingerprint density at radius 2 is 2.14 bits per heavy atom. The summed E-state index contributed by atoms with van der Waals surface area (Å²) in [5.74, 6) is -1.70. The second kappa shape index (κ2) is 5.75. The Bertz CT molecular complexity index is 714. The Kier molecular flexibility index (Phi) is 4.20. The van der Waals surface area contributed by atoms with Crippen LogP contribution in [0.4, 0.5) is 10.1 Å². The van der Waals surface area contributed by atoms with Gasteiger partial charge >= 0.3 is 5.69 Å². The lowest BCUT2D eigenvalue weighted by Crippen LogP contribution is -2.37. The highest BCUT2D eigenvalue weighted by Crippen LogP contribution is 2.30. The van der Waals surface area contributed by atoms with Crippen LogP contribution in [-0.4, -0.2) is 19.4 Å². The number of nitro benzene ring substituents is 1. The van der Waals surface area contributed by atoms with Crippen LogP contribution < -0.4 is 4.72 Å². The van der Waals surface area contributed by atoms with Crippen molar-refractivity contribution in [1.29, 1.82) is 5.26 Å². The van der Waals surface area contributed by atoms with Crippen LogP contribution in [0, 0.1) is 33.2 Å². The predicted molar refractivity (Wildman–Crippen MR) is 70.1 cm³/mol. The van der Waals surface area contributed by atoms with E-state index in [0.29, 0.717) is 19.3 Å². The Labute approximate surface area is 120 Å². The van der Waals surface area contributed by atoms with Gasteiger partial charge in [0.05, 0.1) is 16.9 Å². The number of nitriles is 1. The minimum Gasteiger partial charge on any atom is -0.258 e. The van der Waals surface area contributed by atoms with Gasteiger partial charge < -0.3 is 0 Å². The zero-order valence-electron chi connectivity index (χ0n) is 10.8. The molecule has 2 atom stereocenters. The van der Waals surface area contributed by atoms with Crippen LogP contribution in [0.1, 0.15) is 19.3 Å². The van der Waals surface area contributed by atoms with Crippen molar-refractivity contribution in [1.82, 2.24) is 4.72 Å².